The van der Waals surface area contributed by atoms with Crippen molar-refractivity contribution in [3.63, 3.8) is 0 Å². The fraction of sp³-hybridized carbons (Fsp3) is 0.553. The smallest absolute Gasteiger partial charge is 0.346 e. The van der Waals surface area contributed by atoms with Crippen molar-refractivity contribution >= 4 is 29.4 Å². The number of benzene rings is 2. The topological polar surface area (TPSA) is 128 Å². The standard InChI is InChI=1S/C38H48F3N5O5/c1-22(26-17-24-13-9-10-14-25(24)18-26)36(51)46-20-27-31(37(27,2)3)32(46)34(49)44-28(15-16-38(39,40)41)33(48)35(50)42-19-30(47)43-29(21-45(4)5)23-11-7-6-8-12-23/h6-14,22,26-29,31-32H,15-21H2,1-5H3,(H,42,50)(H,43,47)(H,44,49)/t22-,27-,28?,29+,31-,32-/m0/s1. The Morgan fingerprint density at radius 1 is 0.941 bits per heavy atom. The van der Waals surface area contributed by atoms with E-state index in [4.69, 9.17) is 0 Å². The minimum Gasteiger partial charge on any atom is -0.346 e. The van der Waals surface area contributed by atoms with Crippen molar-refractivity contribution < 1.29 is 37.1 Å². The highest BCUT2D eigenvalue weighted by molar-refractivity contribution is 6.38. The van der Waals surface area contributed by atoms with E-state index in [1.165, 1.54) is 16.0 Å². The van der Waals surface area contributed by atoms with Crippen molar-refractivity contribution in [2.45, 2.75) is 70.8 Å². The molecule has 0 aromatic heterocycles. The summed E-state index contributed by atoms with van der Waals surface area (Å²) < 4.78 is 40.1. The van der Waals surface area contributed by atoms with Gasteiger partial charge >= 0.3 is 6.18 Å². The van der Waals surface area contributed by atoms with Gasteiger partial charge < -0.3 is 25.8 Å². The Bertz CT molecular complexity index is 1610. The van der Waals surface area contributed by atoms with Gasteiger partial charge in [-0.15, -0.1) is 0 Å². The van der Waals surface area contributed by atoms with E-state index in [2.05, 4.69) is 16.0 Å². The first-order chi connectivity index (χ1) is 24.0. The van der Waals surface area contributed by atoms with Crippen LogP contribution in [0.5, 0.6) is 0 Å². The number of halogens is 3. The summed E-state index contributed by atoms with van der Waals surface area (Å²) in [6.07, 6.45) is -5.50. The van der Waals surface area contributed by atoms with Gasteiger partial charge in [0.05, 0.1) is 18.6 Å². The number of rotatable bonds is 14. The predicted octanol–water partition coefficient (Wildman–Crippen LogP) is 3.45. The second-order valence-electron chi connectivity index (χ2n) is 15.2. The lowest BCUT2D eigenvalue weighted by molar-refractivity contribution is -0.148. The summed E-state index contributed by atoms with van der Waals surface area (Å²) in [6.45, 7) is 5.97. The number of fused-ring (bicyclic) bond motifs is 2. The van der Waals surface area contributed by atoms with E-state index < -0.39 is 73.1 Å². The molecule has 0 bridgehead atoms. The van der Waals surface area contributed by atoms with Crippen LogP contribution in [-0.2, 0) is 36.8 Å². The van der Waals surface area contributed by atoms with Crippen molar-refractivity contribution in [3.05, 3.63) is 71.3 Å². The van der Waals surface area contributed by atoms with Crippen LogP contribution in [-0.4, -0.2) is 91.2 Å². The number of nitrogens with zero attached hydrogens (tertiary/aromatic N) is 2. The SMILES string of the molecule is C[C@H](C(=O)N1C[C@H]2[C@@H]([C@H]1C(=O)NC(CCC(F)(F)F)C(=O)C(=O)NCC(=O)N[C@H](CN(C)C)c1ccccc1)C2(C)C)C1Cc2ccccc2C1. The van der Waals surface area contributed by atoms with E-state index in [1.807, 2.05) is 94.4 Å². The minimum atomic E-state index is -4.66. The first kappa shape index (κ1) is 38.0. The number of carbonyl (C=O) groups excluding carboxylic acids is 5. The van der Waals surface area contributed by atoms with Crippen molar-refractivity contribution in [3.8, 4) is 0 Å². The Kier molecular flexibility index (Phi) is 11.3. The number of ketones is 1. The van der Waals surface area contributed by atoms with Crippen LogP contribution >= 0.6 is 0 Å². The molecule has 0 spiro atoms. The van der Waals surface area contributed by atoms with Crippen LogP contribution in [0.15, 0.2) is 54.6 Å². The molecular weight excluding hydrogens is 663 g/mol. The first-order valence-corrected chi connectivity index (χ1v) is 17.5. The number of hydrogen-bond donors (Lipinski definition) is 3. The largest absolute Gasteiger partial charge is 0.389 e. The van der Waals surface area contributed by atoms with Gasteiger partial charge in [0.15, 0.2) is 0 Å². The molecule has 4 amide bonds. The molecular formula is C38H48F3N5O5. The maximum Gasteiger partial charge on any atom is 0.389 e. The van der Waals surface area contributed by atoms with Gasteiger partial charge in [0.2, 0.25) is 23.5 Å². The molecule has 2 aromatic rings. The summed E-state index contributed by atoms with van der Waals surface area (Å²) in [7, 11) is 3.66. The molecule has 1 unspecified atom stereocenters. The van der Waals surface area contributed by atoms with Gasteiger partial charge in [0, 0.05) is 25.4 Å². The first-order valence-electron chi connectivity index (χ1n) is 17.5. The van der Waals surface area contributed by atoms with Gasteiger partial charge in [-0.05, 0) is 73.2 Å². The van der Waals surface area contributed by atoms with Gasteiger partial charge in [0.25, 0.3) is 5.91 Å². The van der Waals surface area contributed by atoms with Gasteiger partial charge in [-0.25, -0.2) is 0 Å². The Hall–Kier alpha value is -4.26. The predicted molar refractivity (Wildman–Crippen MR) is 184 cm³/mol. The molecule has 276 valence electrons. The lowest BCUT2D eigenvalue weighted by Gasteiger charge is -2.34. The van der Waals surface area contributed by atoms with E-state index in [0.29, 0.717) is 13.1 Å². The molecule has 1 heterocycles. The third kappa shape index (κ3) is 8.80. The van der Waals surface area contributed by atoms with Crippen molar-refractivity contribution in [1.82, 2.24) is 25.8 Å². The van der Waals surface area contributed by atoms with Crippen LogP contribution < -0.4 is 16.0 Å². The number of carbonyl (C=O) groups is 5. The third-order valence-corrected chi connectivity index (χ3v) is 11.0. The molecule has 3 N–H and O–H groups in total. The summed E-state index contributed by atoms with van der Waals surface area (Å²) in [5.41, 5.74) is 2.91. The molecule has 1 saturated heterocycles. The van der Waals surface area contributed by atoms with Crippen LogP contribution in [0.25, 0.3) is 0 Å². The Morgan fingerprint density at radius 3 is 2.14 bits per heavy atom. The van der Waals surface area contributed by atoms with Crippen LogP contribution in [0.3, 0.4) is 0 Å². The highest BCUT2D eigenvalue weighted by atomic mass is 19.4. The van der Waals surface area contributed by atoms with Gasteiger partial charge in [0.1, 0.15) is 6.04 Å². The summed E-state index contributed by atoms with van der Waals surface area (Å²) in [6, 6.07) is 13.9. The summed E-state index contributed by atoms with van der Waals surface area (Å²) in [5.74, 6) is -4.76. The van der Waals surface area contributed by atoms with Gasteiger partial charge in [-0.3, -0.25) is 24.0 Å². The second kappa shape index (κ2) is 15.1. The Morgan fingerprint density at radius 2 is 1.55 bits per heavy atom. The van der Waals surface area contributed by atoms with Gasteiger partial charge in [-0.1, -0.05) is 75.4 Å². The van der Waals surface area contributed by atoms with E-state index in [1.54, 1.807) is 0 Å². The van der Waals surface area contributed by atoms with E-state index in [-0.39, 0.29) is 29.1 Å². The third-order valence-electron chi connectivity index (χ3n) is 11.0. The lowest BCUT2D eigenvalue weighted by Crippen LogP contribution is -2.56. The molecule has 3 aliphatic rings. The quantitative estimate of drug-likeness (QED) is 0.258. The molecule has 0 radical (unpaired) electrons. The average Bonchev–Trinajstić information content (AvgIpc) is 3.44. The zero-order valence-electron chi connectivity index (χ0n) is 29.8. The van der Waals surface area contributed by atoms with E-state index in [9.17, 15) is 37.1 Å². The van der Waals surface area contributed by atoms with Crippen molar-refractivity contribution in [1.29, 1.82) is 0 Å². The Labute approximate surface area is 296 Å². The second-order valence-corrected chi connectivity index (χ2v) is 15.2. The van der Waals surface area contributed by atoms with Crippen molar-refractivity contribution in [2.24, 2.45) is 29.1 Å². The molecule has 2 fully saturated rings. The molecule has 1 saturated carbocycles. The van der Waals surface area contributed by atoms with Crippen LogP contribution in [0.4, 0.5) is 13.2 Å². The zero-order chi connectivity index (χ0) is 37.2. The molecule has 2 aliphatic carbocycles. The van der Waals surface area contributed by atoms with Gasteiger partial charge in [-0.2, -0.15) is 13.2 Å². The van der Waals surface area contributed by atoms with E-state index in [0.717, 1.165) is 18.4 Å². The molecule has 5 rings (SSSR count). The lowest BCUT2D eigenvalue weighted by atomic mass is 9.89. The highest BCUT2D eigenvalue weighted by Crippen LogP contribution is 2.65. The Balaban J connectivity index is 1.25. The molecule has 6 atom stereocenters. The molecule has 1 aliphatic heterocycles. The number of likely N-dealkylation sites (N-methyl/N-ethyl adjacent to an activating group) is 1. The maximum atomic E-state index is 14.0. The number of likely N-dealkylation sites (tertiary alicyclic amines) is 1. The molecule has 10 nitrogen and oxygen atoms in total. The van der Waals surface area contributed by atoms with Crippen LogP contribution in [0, 0.1) is 29.1 Å². The highest BCUT2D eigenvalue weighted by Gasteiger charge is 2.69. The number of piperidine rings is 1. The fourth-order valence-corrected chi connectivity index (χ4v) is 7.99. The zero-order valence-corrected chi connectivity index (χ0v) is 29.8. The number of amides is 4. The summed E-state index contributed by atoms with van der Waals surface area (Å²) in [4.78, 5) is 70.4. The monoisotopic (exact) mass is 711 g/mol. The minimum absolute atomic E-state index is 0.0171. The molecule has 13 heteroatoms. The summed E-state index contributed by atoms with van der Waals surface area (Å²) >= 11 is 0. The summed E-state index contributed by atoms with van der Waals surface area (Å²) in [5, 5.41) is 7.45. The fourth-order valence-electron chi connectivity index (χ4n) is 7.99. The van der Waals surface area contributed by atoms with Crippen molar-refractivity contribution in [2.75, 3.05) is 33.7 Å². The number of alkyl halides is 3. The number of nitrogens with one attached hydrogen (secondary N) is 3. The van der Waals surface area contributed by atoms with Crippen LogP contribution in [0.1, 0.15) is 56.3 Å². The molecule has 2 aromatic carbocycles. The number of Topliss-reactive ketones (excluding diaryl/α,β-unsaturated/α-hetero) is 1. The maximum absolute atomic E-state index is 14.0. The normalized spacial score (nSPS) is 22.4. The average molecular weight is 712 g/mol. The van der Waals surface area contributed by atoms with E-state index >= 15 is 0 Å². The number of hydrogen-bond acceptors (Lipinski definition) is 6. The van der Waals surface area contributed by atoms with Crippen LogP contribution in [0.2, 0.25) is 0 Å². The molecule has 51 heavy (non-hydrogen) atoms.